The Labute approximate surface area is 169 Å². The Bertz CT molecular complexity index is 1000. The van der Waals surface area contributed by atoms with Gasteiger partial charge in [0.15, 0.2) is 0 Å². The summed E-state index contributed by atoms with van der Waals surface area (Å²) in [5.74, 6) is 0.338. The first-order chi connectivity index (χ1) is 12.7. The van der Waals surface area contributed by atoms with Gasteiger partial charge in [0.2, 0.25) is 0 Å². The highest BCUT2D eigenvalue weighted by Crippen LogP contribution is 2.31. The summed E-state index contributed by atoms with van der Waals surface area (Å²) in [6, 6.07) is 14.5. The number of hydrogen-bond acceptors (Lipinski definition) is 2. The van der Waals surface area contributed by atoms with Crippen LogP contribution in [-0.2, 0) is 5.41 Å². The third kappa shape index (κ3) is 4.18. The first-order valence-electron chi connectivity index (χ1n) is 8.60. The molecule has 140 valence electrons. The molecule has 0 aliphatic carbocycles. The van der Waals surface area contributed by atoms with Crippen LogP contribution in [0.2, 0.25) is 10.0 Å². The molecular weight excluding hydrogens is 381 g/mol. The number of aromatic nitrogens is 2. The fraction of sp³-hybridized carbons (Fsp3) is 0.238. The standard InChI is InChI=1S/C21H21Cl2N3O/c1-13-7-5-6-8-15(13)20(27)24-19-12-18(21(2,3)4)25-26(19)17-11-14(22)9-10-16(17)23/h5-12H,1-4H3,(H,24,27). The summed E-state index contributed by atoms with van der Waals surface area (Å²) in [7, 11) is 0. The second-order valence-electron chi connectivity index (χ2n) is 7.44. The van der Waals surface area contributed by atoms with Gasteiger partial charge in [-0.2, -0.15) is 5.10 Å². The maximum absolute atomic E-state index is 12.8. The molecule has 2 aromatic carbocycles. The lowest BCUT2D eigenvalue weighted by Crippen LogP contribution is -2.16. The third-order valence-electron chi connectivity index (χ3n) is 4.25. The molecule has 6 heteroatoms. The normalized spacial score (nSPS) is 11.5. The van der Waals surface area contributed by atoms with Crippen LogP contribution in [0.4, 0.5) is 5.82 Å². The van der Waals surface area contributed by atoms with Crippen LogP contribution in [0, 0.1) is 6.92 Å². The quantitative estimate of drug-likeness (QED) is 0.581. The van der Waals surface area contributed by atoms with Gasteiger partial charge in [-0.3, -0.25) is 4.79 Å². The van der Waals surface area contributed by atoms with Gasteiger partial charge in [0.1, 0.15) is 5.82 Å². The first-order valence-corrected chi connectivity index (χ1v) is 9.35. The van der Waals surface area contributed by atoms with E-state index in [0.717, 1.165) is 11.3 Å². The fourth-order valence-corrected chi connectivity index (χ4v) is 3.04. The van der Waals surface area contributed by atoms with Crippen molar-refractivity contribution in [2.24, 2.45) is 0 Å². The maximum atomic E-state index is 12.8. The number of carbonyl (C=O) groups excluding carboxylic acids is 1. The highest BCUT2D eigenvalue weighted by atomic mass is 35.5. The van der Waals surface area contributed by atoms with E-state index in [9.17, 15) is 4.79 Å². The zero-order valence-corrected chi connectivity index (χ0v) is 17.2. The average molecular weight is 402 g/mol. The second-order valence-corrected chi connectivity index (χ2v) is 8.29. The van der Waals surface area contributed by atoms with Crippen molar-refractivity contribution < 1.29 is 4.79 Å². The number of aryl methyl sites for hydroxylation is 1. The second kappa shape index (κ2) is 7.37. The van der Waals surface area contributed by atoms with Gasteiger partial charge in [-0.1, -0.05) is 62.2 Å². The number of hydrogen-bond donors (Lipinski definition) is 1. The van der Waals surface area contributed by atoms with E-state index in [-0.39, 0.29) is 11.3 Å². The van der Waals surface area contributed by atoms with Gasteiger partial charge >= 0.3 is 0 Å². The summed E-state index contributed by atoms with van der Waals surface area (Å²) in [6.07, 6.45) is 0. The van der Waals surface area contributed by atoms with Gasteiger partial charge in [-0.25, -0.2) is 4.68 Å². The predicted molar refractivity (Wildman–Crippen MR) is 111 cm³/mol. The average Bonchev–Trinajstić information content (AvgIpc) is 3.01. The minimum absolute atomic E-state index is 0.196. The first kappa shape index (κ1) is 19.5. The molecule has 0 aliphatic rings. The molecule has 0 saturated heterocycles. The van der Waals surface area contributed by atoms with E-state index in [1.54, 1.807) is 28.9 Å². The molecule has 3 rings (SSSR count). The lowest BCUT2D eigenvalue weighted by atomic mass is 9.92. The smallest absolute Gasteiger partial charge is 0.257 e. The van der Waals surface area contributed by atoms with Crippen molar-refractivity contribution in [3.05, 3.63) is 75.4 Å². The summed E-state index contributed by atoms with van der Waals surface area (Å²) >= 11 is 12.5. The number of anilines is 1. The van der Waals surface area contributed by atoms with Crippen LogP contribution in [-0.4, -0.2) is 15.7 Å². The van der Waals surface area contributed by atoms with Crippen LogP contribution in [0.5, 0.6) is 0 Å². The van der Waals surface area contributed by atoms with E-state index in [1.165, 1.54) is 0 Å². The number of nitrogens with zero attached hydrogens (tertiary/aromatic N) is 2. The molecule has 3 aromatic rings. The van der Waals surface area contributed by atoms with E-state index in [4.69, 9.17) is 23.2 Å². The summed E-state index contributed by atoms with van der Waals surface area (Å²) in [5, 5.41) is 8.68. The zero-order chi connectivity index (χ0) is 19.8. The molecule has 0 fully saturated rings. The number of nitrogens with one attached hydrogen (secondary N) is 1. The molecule has 0 bridgehead atoms. The molecule has 0 aliphatic heterocycles. The Morgan fingerprint density at radius 3 is 2.44 bits per heavy atom. The van der Waals surface area contributed by atoms with Crippen LogP contribution in [0.1, 0.15) is 42.4 Å². The summed E-state index contributed by atoms with van der Waals surface area (Å²) < 4.78 is 1.63. The van der Waals surface area contributed by atoms with Crippen LogP contribution in [0.15, 0.2) is 48.5 Å². The molecule has 1 amide bonds. The van der Waals surface area contributed by atoms with Crippen molar-refractivity contribution in [2.75, 3.05) is 5.32 Å². The minimum Gasteiger partial charge on any atom is -0.306 e. The summed E-state index contributed by atoms with van der Waals surface area (Å²) in [4.78, 5) is 12.8. The van der Waals surface area contributed by atoms with Crippen molar-refractivity contribution in [3.63, 3.8) is 0 Å². The molecule has 4 nitrogen and oxygen atoms in total. The van der Waals surface area contributed by atoms with Gasteiger partial charge in [0.25, 0.3) is 5.91 Å². The van der Waals surface area contributed by atoms with Gasteiger partial charge in [0.05, 0.1) is 16.4 Å². The zero-order valence-electron chi connectivity index (χ0n) is 15.7. The summed E-state index contributed by atoms with van der Waals surface area (Å²) in [5.41, 5.74) is 2.76. The number of amides is 1. The summed E-state index contributed by atoms with van der Waals surface area (Å²) in [6.45, 7) is 8.09. The molecule has 0 saturated carbocycles. The predicted octanol–water partition coefficient (Wildman–Crippen LogP) is 6.04. The van der Waals surface area contributed by atoms with Crippen molar-refractivity contribution in [1.82, 2.24) is 9.78 Å². The van der Waals surface area contributed by atoms with E-state index < -0.39 is 0 Å². The SMILES string of the molecule is Cc1ccccc1C(=O)Nc1cc(C(C)(C)C)nn1-c1cc(Cl)ccc1Cl. The van der Waals surface area contributed by atoms with Crippen LogP contribution in [0.25, 0.3) is 5.69 Å². The Kier molecular flexibility index (Phi) is 5.31. The molecule has 1 heterocycles. The Hall–Kier alpha value is -2.30. The van der Waals surface area contributed by atoms with Crippen LogP contribution >= 0.6 is 23.2 Å². The van der Waals surface area contributed by atoms with Gasteiger partial charge in [-0.15, -0.1) is 0 Å². The minimum atomic E-state index is -0.201. The molecule has 0 radical (unpaired) electrons. The molecule has 27 heavy (non-hydrogen) atoms. The van der Waals surface area contributed by atoms with Crippen molar-refractivity contribution >= 4 is 34.9 Å². The molecule has 0 spiro atoms. The Morgan fingerprint density at radius 1 is 1.07 bits per heavy atom. The number of carbonyl (C=O) groups is 1. The highest BCUT2D eigenvalue weighted by Gasteiger charge is 2.23. The molecule has 0 atom stereocenters. The lowest BCUT2D eigenvalue weighted by molar-refractivity contribution is 0.102. The van der Waals surface area contributed by atoms with E-state index in [0.29, 0.717) is 27.1 Å². The molecular formula is C21H21Cl2N3O. The number of halogens is 2. The van der Waals surface area contributed by atoms with Gasteiger partial charge < -0.3 is 5.32 Å². The van der Waals surface area contributed by atoms with Crippen molar-refractivity contribution in [3.8, 4) is 5.69 Å². The molecule has 1 aromatic heterocycles. The largest absolute Gasteiger partial charge is 0.306 e. The van der Waals surface area contributed by atoms with E-state index in [1.807, 2.05) is 31.2 Å². The Morgan fingerprint density at radius 2 is 1.78 bits per heavy atom. The Balaban J connectivity index is 2.09. The van der Waals surface area contributed by atoms with Crippen LogP contribution < -0.4 is 5.32 Å². The topological polar surface area (TPSA) is 46.9 Å². The van der Waals surface area contributed by atoms with E-state index in [2.05, 4.69) is 31.2 Å². The van der Waals surface area contributed by atoms with Crippen LogP contribution in [0.3, 0.4) is 0 Å². The molecule has 0 unspecified atom stereocenters. The lowest BCUT2D eigenvalue weighted by Gasteiger charge is -2.14. The molecule has 1 N–H and O–H groups in total. The number of benzene rings is 2. The van der Waals surface area contributed by atoms with Gasteiger partial charge in [-0.05, 0) is 36.8 Å². The van der Waals surface area contributed by atoms with Crippen molar-refractivity contribution in [1.29, 1.82) is 0 Å². The monoisotopic (exact) mass is 401 g/mol. The van der Waals surface area contributed by atoms with E-state index >= 15 is 0 Å². The third-order valence-corrected chi connectivity index (χ3v) is 4.80. The highest BCUT2D eigenvalue weighted by molar-refractivity contribution is 6.34. The number of rotatable bonds is 3. The van der Waals surface area contributed by atoms with Gasteiger partial charge in [0, 0.05) is 22.1 Å². The fourth-order valence-electron chi connectivity index (χ4n) is 2.68. The van der Waals surface area contributed by atoms with Crippen molar-refractivity contribution in [2.45, 2.75) is 33.1 Å². The maximum Gasteiger partial charge on any atom is 0.257 e.